The lowest BCUT2D eigenvalue weighted by Crippen LogP contribution is -2.47. The Balaban J connectivity index is 1.44. The lowest BCUT2D eigenvalue weighted by Gasteiger charge is -2.40. The van der Waals surface area contributed by atoms with Crippen LogP contribution in [0.25, 0.3) is 0 Å². The first-order chi connectivity index (χ1) is 12.6. The van der Waals surface area contributed by atoms with Crippen molar-refractivity contribution in [1.29, 1.82) is 0 Å². The minimum Gasteiger partial charge on any atom is -0.374 e. The van der Waals surface area contributed by atoms with E-state index >= 15 is 0 Å². The predicted octanol–water partition coefficient (Wildman–Crippen LogP) is 2.20. The number of aromatic nitrogens is 3. The highest BCUT2D eigenvalue weighted by Crippen LogP contribution is 2.38. The molecular formula is C20H29N5O. The minimum absolute atomic E-state index is 0.150. The molecule has 1 saturated carbocycles. The van der Waals surface area contributed by atoms with E-state index in [9.17, 15) is 0 Å². The van der Waals surface area contributed by atoms with Crippen LogP contribution in [0.4, 0.5) is 0 Å². The number of ether oxygens (including phenoxy) is 1. The second-order valence-electron chi connectivity index (χ2n) is 7.75. The Hall–Kier alpha value is -1.76. The average Bonchev–Trinajstić information content (AvgIpc) is 3.41. The van der Waals surface area contributed by atoms with Gasteiger partial charge in [0.25, 0.3) is 0 Å². The molecule has 1 saturated heterocycles. The first-order valence-corrected chi connectivity index (χ1v) is 9.57. The average molecular weight is 355 g/mol. The fourth-order valence-corrected chi connectivity index (χ4v) is 3.96. The smallest absolute Gasteiger partial charge is 0.146 e. The Morgan fingerprint density at radius 3 is 2.65 bits per heavy atom. The molecule has 0 unspecified atom stereocenters. The van der Waals surface area contributed by atoms with Crippen molar-refractivity contribution in [3.63, 3.8) is 0 Å². The maximum atomic E-state index is 6.18. The van der Waals surface area contributed by atoms with E-state index in [1.54, 1.807) is 0 Å². The molecule has 2 aliphatic rings. The van der Waals surface area contributed by atoms with Crippen molar-refractivity contribution in [3.05, 3.63) is 47.5 Å². The van der Waals surface area contributed by atoms with Gasteiger partial charge >= 0.3 is 0 Å². The molecule has 0 amide bonds. The van der Waals surface area contributed by atoms with Gasteiger partial charge < -0.3 is 9.30 Å². The number of rotatable bonds is 6. The van der Waals surface area contributed by atoms with Crippen molar-refractivity contribution in [3.8, 4) is 0 Å². The number of hydrogen-bond acceptors (Lipinski definition) is 5. The Labute approximate surface area is 155 Å². The topological polar surface area (TPSA) is 46.4 Å². The van der Waals surface area contributed by atoms with Crippen LogP contribution in [0.15, 0.2) is 30.3 Å². The molecule has 0 spiro atoms. The molecule has 6 nitrogen and oxygen atoms in total. The SMILES string of the molecule is CN(Cc1nnc(C2CC2)n1C)C[C@@H]1OCCN(C)[C@H]1c1ccccc1. The number of benzene rings is 1. The van der Waals surface area contributed by atoms with E-state index in [4.69, 9.17) is 4.74 Å². The molecule has 0 bridgehead atoms. The number of nitrogens with zero attached hydrogens (tertiary/aromatic N) is 5. The highest BCUT2D eigenvalue weighted by molar-refractivity contribution is 5.21. The van der Waals surface area contributed by atoms with Gasteiger partial charge in [-0.2, -0.15) is 0 Å². The molecule has 1 aliphatic carbocycles. The maximum absolute atomic E-state index is 6.18. The largest absolute Gasteiger partial charge is 0.374 e. The normalized spacial score (nSPS) is 24.3. The Morgan fingerprint density at radius 2 is 1.92 bits per heavy atom. The lowest BCUT2D eigenvalue weighted by molar-refractivity contribution is -0.0745. The van der Waals surface area contributed by atoms with E-state index in [-0.39, 0.29) is 12.1 Å². The summed E-state index contributed by atoms with van der Waals surface area (Å²) >= 11 is 0. The molecule has 4 rings (SSSR count). The summed E-state index contributed by atoms with van der Waals surface area (Å²) in [5.74, 6) is 2.81. The van der Waals surface area contributed by atoms with Crippen molar-refractivity contribution in [2.24, 2.45) is 7.05 Å². The summed E-state index contributed by atoms with van der Waals surface area (Å²) in [5, 5.41) is 8.82. The molecule has 1 aliphatic heterocycles. The van der Waals surface area contributed by atoms with Crippen molar-refractivity contribution in [2.75, 3.05) is 33.8 Å². The highest BCUT2D eigenvalue weighted by Gasteiger charge is 2.33. The van der Waals surface area contributed by atoms with Gasteiger partial charge in [-0.05, 0) is 32.5 Å². The van der Waals surface area contributed by atoms with Crippen LogP contribution in [0, 0.1) is 0 Å². The predicted molar refractivity (Wildman–Crippen MR) is 101 cm³/mol. The van der Waals surface area contributed by atoms with Gasteiger partial charge in [-0.1, -0.05) is 30.3 Å². The standard InChI is InChI=1S/C20H29N5O/c1-23(14-18-21-22-20(25(18)3)16-9-10-16)13-17-19(24(2)11-12-26-17)15-7-5-4-6-8-15/h4-8,16-17,19H,9-14H2,1-3H3/t17-,19-/m0/s1. The third-order valence-electron chi connectivity index (χ3n) is 5.59. The van der Waals surface area contributed by atoms with E-state index < -0.39 is 0 Å². The van der Waals surface area contributed by atoms with Gasteiger partial charge in [-0.3, -0.25) is 9.80 Å². The fraction of sp³-hybridized carbons (Fsp3) is 0.600. The zero-order valence-corrected chi connectivity index (χ0v) is 16.0. The molecule has 2 heterocycles. The molecule has 2 aromatic rings. The summed E-state index contributed by atoms with van der Waals surface area (Å²) in [6.45, 7) is 3.42. The van der Waals surface area contributed by atoms with E-state index in [2.05, 4.69) is 76.0 Å². The number of hydrogen-bond donors (Lipinski definition) is 0. The van der Waals surface area contributed by atoms with Crippen LogP contribution in [0.5, 0.6) is 0 Å². The van der Waals surface area contributed by atoms with Crippen LogP contribution in [0.2, 0.25) is 0 Å². The van der Waals surface area contributed by atoms with Gasteiger partial charge in [0.1, 0.15) is 11.6 Å². The molecule has 0 radical (unpaired) electrons. The Morgan fingerprint density at radius 1 is 1.15 bits per heavy atom. The van der Waals surface area contributed by atoms with Crippen LogP contribution in [0.3, 0.4) is 0 Å². The third-order valence-corrected chi connectivity index (χ3v) is 5.59. The van der Waals surface area contributed by atoms with Crippen LogP contribution >= 0.6 is 0 Å². The number of likely N-dealkylation sites (N-methyl/N-ethyl adjacent to an activating group) is 2. The first kappa shape index (κ1) is 17.6. The molecule has 2 fully saturated rings. The molecule has 2 atom stereocenters. The van der Waals surface area contributed by atoms with Crippen LogP contribution in [-0.4, -0.2) is 64.5 Å². The summed E-state index contributed by atoms with van der Waals surface area (Å²) < 4.78 is 8.36. The molecule has 6 heteroatoms. The first-order valence-electron chi connectivity index (χ1n) is 9.57. The highest BCUT2D eigenvalue weighted by atomic mass is 16.5. The van der Waals surface area contributed by atoms with Gasteiger partial charge in [0.05, 0.1) is 25.3 Å². The third kappa shape index (κ3) is 3.68. The zero-order valence-electron chi connectivity index (χ0n) is 16.0. The molecular weight excluding hydrogens is 326 g/mol. The van der Waals surface area contributed by atoms with Crippen molar-refractivity contribution < 1.29 is 4.74 Å². The fourth-order valence-electron chi connectivity index (χ4n) is 3.96. The van der Waals surface area contributed by atoms with E-state index in [0.29, 0.717) is 5.92 Å². The van der Waals surface area contributed by atoms with Gasteiger partial charge in [0.15, 0.2) is 0 Å². The molecule has 0 N–H and O–H groups in total. The summed E-state index contributed by atoms with van der Waals surface area (Å²) in [6, 6.07) is 11.0. The monoisotopic (exact) mass is 355 g/mol. The van der Waals surface area contributed by atoms with Gasteiger partial charge in [-0.15, -0.1) is 10.2 Å². The van der Waals surface area contributed by atoms with E-state index in [1.807, 2.05) is 0 Å². The van der Waals surface area contributed by atoms with E-state index in [1.165, 1.54) is 18.4 Å². The van der Waals surface area contributed by atoms with Crippen LogP contribution in [-0.2, 0) is 18.3 Å². The lowest BCUT2D eigenvalue weighted by atomic mass is 9.98. The van der Waals surface area contributed by atoms with Crippen molar-refractivity contribution in [1.82, 2.24) is 24.6 Å². The summed E-state index contributed by atoms with van der Waals surface area (Å²) in [4.78, 5) is 4.71. The van der Waals surface area contributed by atoms with Crippen molar-refractivity contribution in [2.45, 2.75) is 37.5 Å². The quantitative estimate of drug-likeness (QED) is 0.795. The van der Waals surface area contributed by atoms with Crippen molar-refractivity contribution >= 4 is 0 Å². The summed E-state index contributed by atoms with van der Waals surface area (Å²) in [7, 11) is 6.43. The second-order valence-corrected chi connectivity index (χ2v) is 7.75. The number of morpholine rings is 1. The van der Waals surface area contributed by atoms with Gasteiger partial charge in [0, 0.05) is 26.1 Å². The maximum Gasteiger partial charge on any atom is 0.146 e. The minimum atomic E-state index is 0.150. The van der Waals surface area contributed by atoms with Crippen LogP contribution < -0.4 is 0 Å². The van der Waals surface area contributed by atoms with E-state index in [0.717, 1.165) is 37.9 Å². The molecule has 1 aromatic heterocycles. The van der Waals surface area contributed by atoms with Crippen LogP contribution in [0.1, 0.15) is 42.0 Å². The van der Waals surface area contributed by atoms with Gasteiger partial charge in [0.2, 0.25) is 0 Å². The molecule has 1 aromatic carbocycles. The summed E-state index contributed by atoms with van der Waals surface area (Å²) in [6.07, 6.45) is 2.66. The molecule has 140 valence electrons. The second kappa shape index (κ2) is 7.47. The Bertz CT molecular complexity index is 727. The molecule has 26 heavy (non-hydrogen) atoms. The summed E-state index contributed by atoms with van der Waals surface area (Å²) in [5.41, 5.74) is 1.32. The Kier molecular flexibility index (Phi) is 5.07. The zero-order chi connectivity index (χ0) is 18.1. The van der Waals surface area contributed by atoms with Gasteiger partial charge in [-0.25, -0.2) is 0 Å².